The lowest BCUT2D eigenvalue weighted by Gasteiger charge is -2.16. The first-order valence-electron chi connectivity index (χ1n) is 7.47. The van der Waals surface area contributed by atoms with Crippen LogP contribution in [0, 0.1) is 0 Å². The van der Waals surface area contributed by atoms with Gasteiger partial charge in [-0.3, -0.25) is 14.6 Å². The summed E-state index contributed by atoms with van der Waals surface area (Å²) in [6.45, 7) is 1.29. The van der Waals surface area contributed by atoms with Crippen LogP contribution in [0.3, 0.4) is 0 Å². The van der Waals surface area contributed by atoms with E-state index >= 15 is 0 Å². The van der Waals surface area contributed by atoms with Crippen LogP contribution < -0.4 is 5.56 Å². The van der Waals surface area contributed by atoms with Crippen molar-refractivity contribution in [1.29, 1.82) is 0 Å². The number of aromatic nitrogens is 3. The fourth-order valence-electron chi connectivity index (χ4n) is 2.75. The van der Waals surface area contributed by atoms with Crippen LogP contribution in [0.25, 0.3) is 11.5 Å². The summed E-state index contributed by atoms with van der Waals surface area (Å²) in [6, 6.07) is 6.95. The fraction of sp³-hybridized carbons (Fsp3) is 0.375. The normalized spacial score (nSPS) is 17.4. The summed E-state index contributed by atoms with van der Waals surface area (Å²) in [6.07, 6.45) is 2.44. The fourth-order valence-corrected chi connectivity index (χ4v) is 2.75. The highest BCUT2D eigenvalue weighted by Gasteiger charge is 2.28. The van der Waals surface area contributed by atoms with Crippen molar-refractivity contribution in [1.82, 2.24) is 19.9 Å². The molecule has 0 bridgehead atoms. The summed E-state index contributed by atoms with van der Waals surface area (Å²) in [5.41, 5.74) is 1.11. The third-order valence-corrected chi connectivity index (χ3v) is 3.90. The van der Waals surface area contributed by atoms with Gasteiger partial charge >= 0.3 is 0 Å². The van der Waals surface area contributed by atoms with E-state index in [-0.39, 0.29) is 24.0 Å². The molecule has 1 atom stereocenters. The number of methoxy groups -OCH3 is 1. The van der Waals surface area contributed by atoms with Crippen molar-refractivity contribution in [2.45, 2.75) is 12.3 Å². The Kier molecular flexibility index (Phi) is 4.47. The molecule has 0 radical (unpaired) electrons. The van der Waals surface area contributed by atoms with E-state index in [1.165, 1.54) is 13.2 Å². The Balaban J connectivity index is 1.83. The van der Waals surface area contributed by atoms with Gasteiger partial charge in [-0.05, 0) is 18.6 Å². The van der Waals surface area contributed by atoms with Gasteiger partial charge in [-0.15, -0.1) is 0 Å². The third kappa shape index (κ3) is 3.45. The summed E-state index contributed by atoms with van der Waals surface area (Å²) in [5, 5.41) is 0. The second kappa shape index (κ2) is 6.70. The van der Waals surface area contributed by atoms with Gasteiger partial charge in [-0.1, -0.05) is 6.07 Å². The molecule has 2 aromatic heterocycles. The molecule has 0 spiro atoms. The van der Waals surface area contributed by atoms with Gasteiger partial charge in [0.05, 0.1) is 5.69 Å². The summed E-state index contributed by atoms with van der Waals surface area (Å²) in [5.74, 6) is 0.472. The van der Waals surface area contributed by atoms with Crippen LogP contribution in [0.4, 0.5) is 0 Å². The number of likely N-dealkylation sites (tertiary alicyclic amines) is 1. The average molecular weight is 314 g/mol. The smallest absolute Gasteiger partial charge is 0.251 e. The number of rotatable bonds is 4. The molecule has 0 aliphatic carbocycles. The first-order valence-corrected chi connectivity index (χ1v) is 7.47. The Labute approximate surface area is 133 Å². The van der Waals surface area contributed by atoms with Crippen LogP contribution in [0.15, 0.2) is 35.3 Å². The zero-order valence-corrected chi connectivity index (χ0v) is 12.9. The average Bonchev–Trinajstić information content (AvgIpc) is 3.05. The molecule has 0 saturated carbocycles. The molecule has 120 valence electrons. The largest absolute Gasteiger partial charge is 0.375 e. The molecule has 3 heterocycles. The minimum absolute atomic E-state index is 0.0372. The SMILES string of the molecule is COCC(=O)N1CCC(c2cc(=O)[nH]c(-c3ccccn3)n2)C1. The van der Waals surface area contributed by atoms with Gasteiger partial charge in [0.15, 0.2) is 5.82 Å². The molecule has 1 aliphatic rings. The number of ether oxygens (including phenoxy) is 1. The predicted molar refractivity (Wildman–Crippen MR) is 83.9 cm³/mol. The summed E-state index contributed by atoms with van der Waals surface area (Å²) < 4.78 is 4.88. The number of hydrogen-bond donors (Lipinski definition) is 1. The first kappa shape index (κ1) is 15.4. The van der Waals surface area contributed by atoms with Crippen molar-refractivity contribution in [3.05, 3.63) is 46.5 Å². The van der Waals surface area contributed by atoms with Crippen molar-refractivity contribution in [2.24, 2.45) is 0 Å². The van der Waals surface area contributed by atoms with E-state index in [4.69, 9.17) is 4.74 Å². The highest BCUT2D eigenvalue weighted by Crippen LogP contribution is 2.26. The Morgan fingerprint density at radius 2 is 2.35 bits per heavy atom. The molecule has 1 amide bonds. The lowest BCUT2D eigenvalue weighted by molar-refractivity contribution is -0.134. The van der Waals surface area contributed by atoms with Gasteiger partial charge in [-0.25, -0.2) is 4.98 Å². The van der Waals surface area contributed by atoms with Crippen LogP contribution in [-0.4, -0.2) is 52.6 Å². The number of carbonyl (C=O) groups is 1. The quantitative estimate of drug-likeness (QED) is 0.901. The number of hydrogen-bond acceptors (Lipinski definition) is 5. The third-order valence-electron chi connectivity index (χ3n) is 3.90. The molecule has 1 saturated heterocycles. The van der Waals surface area contributed by atoms with Crippen LogP contribution in [0.5, 0.6) is 0 Å². The number of aromatic amines is 1. The summed E-state index contributed by atoms with van der Waals surface area (Å²) in [4.78, 5) is 37.0. The highest BCUT2D eigenvalue weighted by atomic mass is 16.5. The summed E-state index contributed by atoms with van der Waals surface area (Å²) in [7, 11) is 1.50. The Bertz CT molecular complexity index is 744. The van der Waals surface area contributed by atoms with Gasteiger partial charge in [-0.2, -0.15) is 0 Å². The van der Waals surface area contributed by atoms with Crippen molar-refractivity contribution in [3.63, 3.8) is 0 Å². The molecule has 1 aliphatic heterocycles. The molecule has 0 aromatic carbocycles. The maximum atomic E-state index is 11.9. The van der Waals surface area contributed by atoms with Crippen LogP contribution in [-0.2, 0) is 9.53 Å². The Hall–Kier alpha value is -2.54. The molecular weight excluding hydrogens is 296 g/mol. The number of H-pyrrole nitrogens is 1. The van der Waals surface area contributed by atoms with E-state index in [1.807, 2.05) is 12.1 Å². The molecule has 3 rings (SSSR count). The first-order chi connectivity index (χ1) is 11.2. The zero-order chi connectivity index (χ0) is 16.2. The van der Waals surface area contributed by atoms with E-state index < -0.39 is 0 Å². The van der Waals surface area contributed by atoms with Crippen LogP contribution in [0.1, 0.15) is 18.0 Å². The van der Waals surface area contributed by atoms with Crippen molar-refractivity contribution in [2.75, 3.05) is 26.8 Å². The minimum Gasteiger partial charge on any atom is -0.375 e. The molecule has 1 N–H and O–H groups in total. The monoisotopic (exact) mass is 314 g/mol. The Morgan fingerprint density at radius 3 is 3.09 bits per heavy atom. The van der Waals surface area contributed by atoms with Crippen molar-refractivity contribution in [3.8, 4) is 11.5 Å². The van der Waals surface area contributed by atoms with E-state index in [9.17, 15) is 9.59 Å². The molecule has 2 aromatic rings. The maximum absolute atomic E-state index is 11.9. The van der Waals surface area contributed by atoms with Gasteiger partial charge in [0.25, 0.3) is 5.56 Å². The lowest BCUT2D eigenvalue weighted by Crippen LogP contribution is -2.31. The van der Waals surface area contributed by atoms with Crippen molar-refractivity contribution < 1.29 is 9.53 Å². The second-order valence-corrected chi connectivity index (χ2v) is 5.49. The van der Waals surface area contributed by atoms with Crippen LogP contribution in [0.2, 0.25) is 0 Å². The standard InChI is InChI=1S/C16H18N4O3/c1-23-10-15(22)20-7-5-11(9-20)13-8-14(21)19-16(18-13)12-4-2-3-6-17-12/h2-4,6,8,11H,5,7,9-10H2,1H3,(H,18,19,21). The summed E-state index contributed by atoms with van der Waals surface area (Å²) >= 11 is 0. The van der Waals surface area contributed by atoms with E-state index in [1.54, 1.807) is 17.2 Å². The zero-order valence-electron chi connectivity index (χ0n) is 12.9. The Morgan fingerprint density at radius 1 is 1.48 bits per heavy atom. The number of amides is 1. The molecular formula is C16H18N4O3. The maximum Gasteiger partial charge on any atom is 0.251 e. The molecule has 1 unspecified atom stereocenters. The molecule has 23 heavy (non-hydrogen) atoms. The van der Waals surface area contributed by atoms with Gasteiger partial charge in [0, 0.05) is 38.4 Å². The minimum atomic E-state index is -0.211. The number of nitrogens with zero attached hydrogens (tertiary/aromatic N) is 3. The number of pyridine rings is 1. The highest BCUT2D eigenvalue weighted by molar-refractivity contribution is 5.77. The van der Waals surface area contributed by atoms with Crippen molar-refractivity contribution >= 4 is 5.91 Å². The second-order valence-electron chi connectivity index (χ2n) is 5.49. The lowest BCUT2D eigenvalue weighted by atomic mass is 10.0. The van der Waals surface area contributed by atoms with Crippen LogP contribution >= 0.6 is 0 Å². The van der Waals surface area contributed by atoms with Gasteiger partial charge < -0.3 is 14.6 Å². The number of carbonyl (C=O) groups excluding carboxylic acids is 1. The van der Waals surface area contributed by atoms with Gasteiger partial charge in [0.2, 0.25) is 5.91 Å². The topological polar surface area (TPSA) is 88.2 Å². The molecule has 1 fully saturated rings. The van der Waals surface area contributed by atoms with E-state index in [0.717, 1.165) is 6.42 Å². The van der Waals surface area contributed by atoms with Gasteiger partial charge in [0.1, 0.15) is 12.3 Å². The van der Waals surface area contributed by atoms with E-state index in [2.05, 4.69) is 15.0 Å². The molecule has 7 nitrogen and oxygen atoms in total. The van der Waals surface area contributed by atoms with E-state index in [0.29, 0.717) is 30.3 Å². The molecule has 7 heteroatoms. The predicted octanol–water partition coefficient (Wildman–Crippen LogP) is 0.794. The number of nitrogens with one attached hydrogen (secondary N) is 1.